The summed E-state index contributed by atoms with van der Waals surface area (Å²) in [5.41, 5.74) is 1.98. The average molecular weight is 406 g/mol. The Hall–Kier alpha value is -1.78. The minimum atomic E-state index is -3.82. The van der Waals surface area contributed by atoms with E-state index in [1.54, 1.807) is 17.0 Å². The van der Waals surface area contributed by atoms with E-state index in [0.29, 0.717) is 5.69 Å². The first-order valence-electron chi connectivity index (χ1n) is 8.43. The van der Waals surface area contributed by atoms with Gasteiger partial charge in [-0.2, -0.15) is 0 Å². The van der Waals surface area contributed by atoms with E-state index in [2.05, 4.69) is 0 Å². The van der Waals surface area contributed by atoms with Crippen molar-refractivity contribution in [1.29, 1.82) is 0 Å². The Balaban J connectivity index is 2.11. The van der Waals surface area contributed by atoms with Gasteiger partial charge in [-0.25, -0.2) is 22.7 Å². The minimum Gasteiger partial charge on any atom is -0.356 e. The first kappa shape index (κ1) is 21.5. The quantitative estimate of drug-likeness (QED) is 0.532. The van der Waals surface area contributed by atoms with E-state index >= 15 is 0 Å². The zero-order chi connectivity index (χ0) is 20.5. The summed E-state index contributed by atoms with van der Waals surface area (Å²) in [7, 11) is -3.82. The lowest BCUT2D eigenvalue weighted by molar-refractivity contribution is -0.132. The third-order valence-corrected chi connectivity index (χ3v) is 7.00. The largest absolute Gasteiger partial charge is 0.356 e. The van der Waals surface area contributed by atoms with Gasteiger partial charge >= 0.3 is 0 Å². The van der Waals surface area contributed by atoms with E-state index in [9.17, 15) is 22.0 Å². The van der Waals surface area contributed by atoms with Gasteiger partial charge in [-0.15, -0.1) is 0 Å². The summed E-state index contributed by atoms with van der Waals surface area (Å²) < 4.78 is 55.2. The highest BCUT2D eigenvalue weighted by Gasteiger charge is 2.46. The predicted octanol–water partition coefficient (Wildman–Crippen LogP) is 2.05. The molecule has 2 N–H and O–H groups in total. The Bertz CT molecular complexity index is 785. The van der Waals surface area contributed by atoms with Crippen LogP contribution in [-0.2, 0) is 25.3 Å². The molecule has 1 aliphatic rings. The summed E-state index contributed by atoms with van der Waals surface area (Å²) in [6, 6.07) is 5.82. The first-order chi connectivity index (χ1) is 12.4. The number of hydrogen-bond acceptors (Lipinski definition) is 6. The molecule has 0 aliphatic carbocycles. The van der Waals surface area contributed by atoms with Crippen molar-refractivity contribution < 1.29 is 31.9 Å². The number of nitrogens with zero attached hydrogens (tertiary/aromatic N) is 1. The molecule has 2 rings (SSSR count). The Labute approximate surface area is 157 Å². The lowest BCUT2D eigenvalue weighted by Gasteiger charge is -2.27. The predicted molar refractivity (Wildman–Crippen MR) is 95.5 cm³/mol. The first-order valence-corrected chi connectivity index (χ1v) is 10.3. The number of rotatable bonds is 7. The highest BCUT2D eigenvalue weighted by Crippen LogP contribution is 2.33. The lowest BCUT2D eigenvalue weighted by atomic mass is 10.0. The van der Waals surface area contributed by atoms with Crippen LogP contribution in [0.2, 0.25) is 0 Å². The smallest absolute Gasteiger partial charge is 0.273 e. The summed E-state index contributed by atoms with van der Waals surface area (Å²) >= 11 is 0. The van der Waals surface area contributed by atoms with Crippen molar-refractivity contribution in [1.82, 2.24) is 5.48 Å². The van der Waals surface area contributed by atoms with E-state index in [1.165, 1.54) is 31.5 Å². The van der Waals surface area contributed by atoms with Crippen molar-refractivity contribution in [2.75, 3.05) is 24.4 Å². The van der Waals surface area contributed by atoms with Gasteiger partial charge in [-0.3, -0.25) is 10.0 Å². The SMILES string of the molecule is CCC(F)(F)c1ccc(N2COC(CC(C)(C(=O)NO)S(C)(=O)=O)C2)cc1. The number of amides is 1. The fraction of sp³-hybridized carbons (Fsp3) is 0.588. The Morgan fingerprint density at radius 1 is 1.37 bits per heavy atom. The van der Waals surface area contributed by atoms with E-state index in [4.69, 9.17) is 9.94 Å². The molecule has 2 unspecified atom stereocenters. The molecule has 1 aromatic rings. The molecule has 1 aliphatic heterocycles. The van der Waals surface area contributed by atoms with Crippen LogP contribution in [0, 0.1) is 0 Å². The number of carbonyl (C=O) groups is 1. The second-order valence-corrected chi connectivity index (χ2v) is 9.34. The van der Waals surface area contributed by atoms with Crippen LogP contribution < -0.4 is 10.4 Å². The average Bonchev–Trinajstić information content (AvgIpc) is 3.08. The van der Waals surface area contributed by atoms with Crippen molar-refractivity contribution in [3.63, 3.8) is 0 Å². The molecule has 152 valence electrons. The molecular weight excluding hydrogens is 382 g/mol. The number of sulfone groups is 1. The zero-order valence-electron chi connectivity index (χ0n) is 15.4. The molecular formula is C17H24F2N2O5S. The van der Waals surface area contributed by atoms with Gasteiger partial charge in [0.25, 0.3) is 11.8 Å². The second-order valence-electron chi connectivity index (χ2n) is 6.89. The number of carbonyl (C=O) groups excluding carboxylic acids is 1. The van der Waals surface area contributed by atoms with E-state index in [-0.39, 0.29) is 31.7 Å². The summed E-state index contributed by atoms with van der Waals surface area (Å²) in [5, 5.41) is 8.87. The van der Waals surface area contributed by atoms with Crippen LogP contribution in [0.1, 0.15) is 32.3 Å². The monoisotopic (exact) mass is 406 g/mol. The van der Waals surface area contributed by atoms with Crippen molar-refractivity contribution in [2.45, 2.75) is 43.5 Å². The maximum Gasteiger partial charge on any atom is 0.273 e. The topological polar surface area (TPSA) is 95.9 Å². The number of ether oxygens (including phenoxy) is 1. The highest BCUT2D eigenvalue weighted by atomic mass is 32.2. The third-order valence-electron chi connectivity index (χ3n) is 5.01. The fourth-order valence-corrected chi connectivity index (χ4v) is 3.81. The summed E-state index contributed by atoms with van der Waals surface area (Å²) in [6.45, 7) is 3.05. The van der Waals surface area contributed by atoms with Crippen LogP contribution in [0.3, 0.4) is 0 Å². The van der Waals surface area contributed by atoms with Crippen molar-refractivity contribution in [2.24, 2.45) is 0 Å². The Kier molecular flexibility index (Phi) is 6.13. The third kappa shape index (κ3) is 4.39. The molecule has 1 fully saturated rings. The number of benzene rings is 1. The van der Waals surface area contributed by atoms with Crippen LogP contribution in [0.4, 0.5) is 14.5 Å². The normalized spacial score (nSPS) is 20.4. The molecule has 27 heavy (non-hydrogen) atoms. The van der Waals surface area contributed by atoms with Crippen LogP contribution in [0.5, 0.6) is 0 Å². The van der Waals surface area contributed by atoms with Crippen LogP contribution in [0.25, 0.3) is 0 Å². The molecule has 0 spiro atoms. The second kappa shape index (κ2) is 7.69. The number of hydroxylamine groups is 1. The van der Waals surface area contributed by atoms with Gasteiger partial charge in [0.1, 0.15) is 6.73 Å². The molecule has 1 amide bonds. The lowest BCUT2D eigenvalue weighted by Crippen LogP contribution is -2.51. The van der Waals surface area contributed by atoms with Crippen LogP contribution >= 0.6 is 0 Å². The van der Waals surface area contributed by atoms with E-state index in [0.717, 1.165) is 6.26 Å². The standard InChI is InChI=1S/C17H24F2N2O5S/c1-4-17(18,19)12-5-7-13(8-6-12)21-10-14(26-11-21)9-16(2,15(22)20-23)27(3,24)25/h5-8,14,23H,4,9-11H2,1-3H3,(H,20,22). The number of nitrogens with one attached hydrogen (secondary N) is 1. The fourth-order valence-electron chi connectivity index (χ4n) is 2.94. The summed E-state index contributed by atoms with van der Waals surface area (Å²) in [6.07, 6.45) is -0.112. The number of alkyl halides is 2. The molecule has 1 saturated heterocycles. The van der Waals surface area contributed by atoms with Gasteiger partial charge in [-0.1, -0.05) is 19.1 Å². The zero-order valence-corrected chi connectivity index (χ0v) is 16.2. The van der Waals surface area contributed by atoms with Gasteiger partial charge in [-0.05, 0) is 19.1 Å². The van der Waals surface area contributed by atoms with Crippen molar-refractivity contribution in [3.8, 4) is 0 Å². The molecule has 1 aromatic carbocycles. The highest BCUT2D eigenvalue weighted by molar-refractivity contribution is 7.92. The number of hydrogen-bond donors (Lipinski definition) is 2. The maximum absolute atomic E-state index is 13.7. The van der Waals surface area contributed by atoms with Gasteiger partial charge in [0, 0.05) is 36.9 Å². The Morgan fingerprint density at radius 3 is 2.44 bits per heavy atom. The van der Waals surface area contributed by atoms with Crippen molar-refractivity contribution in [3.05, 3.63) is 29.8 Å². The van der Waals surface area contributed by atoms with E-state index in [1.807, 2.05) is 0 Å². The molecule has 0 radical (unpaired) electrons. The van der Waals surface area contributed by atoms with Crippen molar-refractivity contribution >= 4 is 21.4 Å². The minimum absolute atomic E-state index is 0.0744. The summed E-state index contributed by atoms with van der Waals surface area (Å²) in [5.74, 6) is -3.92. The number of anilines is 1. The molecule has 0 saturated carbocycles. The van der Waals surface area contributed by atoms with Gasteiger partial charge in [0.05, 0.1) is 6.10 Å². The molecule has 7 nitrogen and oxygen atoms in total. The molecule has 10 heteroatoms. The maximum atomic E-state index is 13.7. The van der Waals surface area contributed by atoms with Gasteiger partial charge in [0.15, 0.2) is 14.6 Å². The molecule has 1 heterocycles. The summed E-state index contributed by atoms with van der Waals surface area (Å²) in [4.78, 5) is 13.7. The van der Waals surface area contributed by atoms with Gasteiger partial charge < -0.3 is 9.64 Å². The Morgan fingerprint density at radius 2 is 1.96 bits per heavy atom. The van der Waals surface area contributed by atoms with Gasteiger partial charge in [0.2, 0.25) is 0 Å². The molecule has 0 bridgehead atoms. The van der Waals surface area contributed by atoms with Crippen LogP contribution in [-0.4, -0.2) is 49.9 Å². The van der Waals surface area contributed by atoms with E-state index < -0.39 is 32.5 Å². The number of halogens is 2. The molecule has 0 aromatic heterocycles. The van der Waals surface area contributed by atoms with Crippen LogP contribution in [0.15, 0.2) is 24.3 Å². The molecule has 2 atom stereocenters.